The van der Waals surface area contributed by atoms with Crippen molar-refractivity contribution in [3.05, 3.63) is 188 Å². The van der Waals surface area contributed by atoms with Gasteiger partial charge in [0.15, 0.2) is 0 Å². The molecule has 0 radical (unpaired) electrons. The van der Waals surface area contributed by atoms with Crippen LogP contribution in [0.2, 0.25) is 0 Å². The first-order chi connectivity index (χ1) is 31.6. The zero-order valence-corrected chi connectivity index (χ0v) is 36.3. The summed E-state index contributed by atoms with van der Waals surface area (Å²) >= 11 is 5.23. The topological polar surface area (TPSA) is 51.8 Å². The van der Waals surface area contributed by atoms with Crippen molar-refractivity contribution in [2.45, 2.75) is 0 Å². The van der Waals surface area contributed by atoms with Gasteiger partial charge in [-0.15, -0.1) is 34.0 Å². The minimum absolute atomic E-state index is 0.875. The predicted octanol–water partition coefficient (Wildman–Crippen LogP) is 17.2. The second kappa shape index (κ2) is 14.0. The Morgan fingerprint density at radius 2 is 0.594 bits per heavy atom. The normalized spacial score (nSPS) is 12.1. The molecule has 7 aromatic carbocycles. The summed E-state index contributed by atoms with van der Waals surface area (Å²) in [5.74, 6) is 0. The van der Waals surface area contributed by atoms with Gasteiger partial charge in [-0.1, -0.05) is 48.5 Å². The number of pyridine rings is 3. The molecule has 0 aliphatic heterocycles. The van der Waals surface area contributed by atoms with E-state index >= 15 is 0 Å². The number of aromatic nitrogens is 3. The molecule has 4 nitrogen and oxygen atoms in total. The Morgan fingerprint density at radius 3 is 1.02 bits per heavy atom. The van der Waals surface area contributed by atoms with Crippen LogP contribution in [0.25, 0.3) is 138 Å². The second-order valence-electron chi connectivity index (χ2n) is 16.4. The Bertz CT molecular complexity index is 4230. The van der Waals surface area contributed by atoms with Crippen LogP contribution in [0.4, 0.5) is 0 Å². The molecule has 0 unspecified atom stereocenters. The molecule has 0 spiro atoms. The summed E-state index contributed by atoms with van der Waals surface area (Å²) in [6.07, 6.45) is 5.63. The quantitative estimate of drug-likeness (QED) is 0.173. The van der Waals surface area contributed by atoms with E-state index in [2.05, 4.69) is 167 Å². The first-order valence-corrected chi connectivity index (χ1v) is 23.6. The number of thiophene rings is 3. The van der Waals surface area contributed by atoms with E-state index in [9.17, 15) is 0 Å². The van der Waals surface area contributed by atoms with E-state index in [-0.39, 0.29) is 0 Å². The van der Waals surface area contributed by atoms with Gasteiger partial charge in [-0.2, -0.15) is 0 Å². The van der Waals surface area contributed by atoms with Crippen LogP contribution in [0.3, 0.4) is 0 Å². The van der Waals surface area contributed by atoms with Gasteiger partial charge in [0.25, 0.3) is 0 Å². The van der Waals surface area contributed by atoms with Crippen LogP contribution in [-0.2, 0) is 0 Å². The van der Waals surface area contributed by atoms with Crippen LogP contribution in [0.1, 0.15) is 0 Å². The van der Waals surface area contributed by atoms with E-state index in [1.165, 1.54) is 68.7 Å². The first-order valence-electron chi connectivity index (χ1n) is 21.2. The van der Waals surface area contributed by atoms with Crippen LogP contribution in [0.15, 0.2) is 193 Å². The van der Waals surface area contributed by atoms with Crippen molar-refractivity contribution in [2.75, 3.05) is 0 Å². The summed E-state index contributed by atoms with van der Waals surface area (Å²) in [6, 6.07) is 62.2. The molecule has 298 valence electrons. The molecule has 0 saturated heterocycles. The molecule has 7 heteroatoms. The Kier molecular flexibility index (Phi) is 7.86. The zero-order valence-electron chi connectivity index (χ0n) is 33.9. The molecule has 0 bridgehead atoms. The molecule has 0 aliphatic carbocycles. The summed E-state index contributed by atoms with van der Waals surface area (Å²) in [5.41, 5.74) is 13.4. The van der Waals surface area contributed by atoms with Crippen LogP contribution < -0.4 is 0 Å². The van der Waals surface area contributed by atoms with E-state index in [1.54, 1.807) is 34.0 Å². The van der Waals surface area contributed by atoms with Crippen molar-refractivity contribution in [3.63, 3.8) is 0 Å². The number of furan rings is 1. The molecule has 7 heterocycles. The number of benzene rings is 7. The largest absolute Gasteiger partial charge is 0.456 e. The number of rotatable bonds is 5. The Balaban J connectivity index is 0.919. The summed E-state index contributed by atoms with van der Waals surface area (Å²) in [7, 11) is 0. The average molecular weight is 870 g/mol. The highest BCUT2D eigenvalue weighted by molar-refractivity contribution is 7.26. The first kappa shape index (κ1) is 36.0. The standard InChI is InChI=1S/C57H31N3OS3/c1-5-32(35-12-17-52-47(29-35)42-7-2-20-58-55(42)62-52)23-33(6-1)39-24-40(26-41(25-39)38-14-19-54-49(31-38)44-9-4-22-60-57(44)64-54)37-11-16-51-46(28-37)45-27-34(10-15-50(45)61-51)36-13-18-53-48(30-36)43-8-3-21-59-56(43)63-53/h1-31H. The maximum Gasteiger partial charge on any atom is 0.135 e. The monoisotopic (exact) mass is 869 g/mol. The van der Waals surface area contributed by atoms with Crippen molar-refractivity contribution < 1.29 is 4.42 Å². The van der Waals surface area contributed by atoms with E-state index in [0.29, 0.717) is 0 Å². The number of hydrogen-bond donors (Lipinski definition) is 0. The second-order valence-corrected chi connectivity index (χ2v) is 19.5. The smallest absolute Gasteiger partial charge is 0.135 e. The predicted molar refractivity (Wildman–Crippen MR) is 273 cm³/mol. The molecule has 0 N–H and O–H groups in total. The van der Waals surface area contributed by atoms with Crippen molar-refractivity contribution in [1.29, 1.82) is 0 Å². The van der Waals surface area contributed by atoms with Crippen molar-refractivity contribution >= 4 is 117 Å². The van der Waals surface area contributed by atoms with Crippen molar-refractivity contribution in [3.8, 4) is 55.6 Å². The Hall–Kier alpha value is -7.55. The highest BCUT2D eigenvalue weighted by Gasteiger charge is 2.16. The third-order valence-electron chi connectivity index (χ3n) is 12.7. The summed E-state index contributed by atoms with van der Waals surface area (Å²) in [5, 5.41) is 9.51. The third-order valence-corrected chi connectivity index (χ3v) is 16.0. The van der Waals surface area contributed by atoms with Gasteiger partial charge in [0.1, 0.15) is 25.7 Å². The van der Waals surface area contributed by atoms with Crippen LogP contribution in [0.5, 0.6) is 0 Å². The lowest BCUT2D eigenvalue weighted by atomic mass is 9.91. The lowest BCUT2D eigenvalue weighted by molar-refractivity contribution is 0.669. The third kappa shape index (κ3) is 5.75. The maximum absolute atomic E-state index is 6.49. The molecule has 0 saturated carbocycles. The van der Waals surface area contributed by atoms with Gasteiger partial charge in [0, 0.05) is 75.8 Å². The van der Waals surface area contributed by atoms with Gasteiger partial charge >= 0.3 is 0 Å². The fourth-order valence-corrected chi connectivity index (χ4v) is 12.6. The van der Waals surface area contributed by atoms with Gasteiger partial charge in [0.05, 0.1) is 0 Å². The van der Waals surface area contributed by atoms with Crippen molar-refractivity contribution in [1.82, 2.24) is 15.0 Å². The lowest BCUT2D eigenvalue weighted by Crippen LogP contribution is -1.87. The van der Waals surface area contributed by atoms with Crippen LogP contribution in [-0.4, -0.2) is 15.0 Å². The molecule has 64 heavy (non-hydrogen) atoms. The summed E-state index contributed by atoms with van der Waals surface area (Å²) < 4.78 is 10.2. The lowest BCUT2D eigenvalue weighted by Gasteiger charge is -2.13. The molecule has 14 aromatic rings. The SMILES string of the molecule is c1cc(-c2cc(-c3ccc4oc5ccc(-c6ccc7sc8ncccc8c7c6)cc5c4c3)cc(-c3ccc4sc5ncccc5c4c3)c2)cc(-c2ccc3sc4ncccc4c3c2)c1. The van der Waals surface area contributed by atoms with Gasteiger partial charge in [-0.05, 0) is 177 Å². The van der Waals surface area contributed by atoms with E-state index < -0.39 is 0 Å². The Morgan fingerprint density at radius 1 is 0.266 bits per heavy atom. The highest BCUT2D eigenvalue weighted by Crippen LogP contribution is 2.42. The fraction of sp³-hybridized carbons (Fsp3) is 0. The maximum atomic E-state index is 6.49. The van der Waals surface area contributed by atoms with E-state index in [0.717, 1.165) is 69.8 Å². The van der Waals surface area contributed by atoms with E-state index in [4.69, 9.17) is 4.42 Å². The number of nitrogens with zero attached hydrogens (tertiary/aromatic N) is 3. The molecule has 0 atom stereocenters. The molecule has 14 rings (SSSR count). The van der Waals surface area contributed by atoms with Crippen LogP contribution >= 0.6 is 34.0 Å². The minimum atomic E-state index is 0.875. The molecular formula is C57H31N3OS3. The molecular weight excluding hydrogens is 839 g/mol. The fourth-order valence-electron chi connectivity index (χ4n) is 9.51. The molecule has 7 aromatic heterocycles. The van der Waals surface area contributed by atoms with Gasteiger partial charge in [0.2, 0.25) is 0 Å². The minimum Gasteiger partial charge on any atom is -0.456 e. The summed E-state index contributed by atoms with van der Waals surface area (Å²) in [4.78, 5) is 17.1. The van der Waals surface area contributed by atoms with Gasteiger partial charge < -0.3 is 4.42 Å². The molecule has 0 fully saturated rings. The van der Waals surface area contributed by atoms with Crippen molar-refractivity contribution in [2.24, 2.45) is 0 Å². The highest BCUT2D eigenvalue weighted by atomic mass is 32.1. The van der Waals surface area contributed by atoms with Crippen LogP contribution in [0, 0.1) is 0 Å². The number of fused-ring (bicyclic) bond motifs is 12. The molecule has 0 aliphatic rings. The summed E-state index contributed by atoms with van der Waals surface area (Å²) in [6.45, 7) is 0. The zero-order chi connectivity index (χ0) is 41.9. The Labute approximate surface area is 378 Å². The van der Waals surface area contributed by atoms with Gasteiger partial charge in [-0.3, -0.25) is 0 Å². The number of hydrogen-bond acceptors (Lipinski definition) is 7. The van der Waals surface area contributed by atoms with E-state index in [1.807, 2.05) is 36.8 Å². The average Bonchev–Trinajstić information content (AvgIpc) is 4.13. The van der Waals surface area contributed by atoms with Gasteiger partial charge in [-0.25, -0.2) is 15.0 Å². The molecule has 0 amide bonds.